The van der Waals surface area contributed by atoms with Crippen molar-refractivity contribution < 1.29 is 23.4 Å². The molecular formula is C9H16F2O3. The van der Waals surface area contributed by atoms with Gasteiger partial charge in [-0.15, -0.1) is 0 Å². The highest BCUT2D eigenvalue weighted by molar-refractivity contribution is 5.79. The van der Waals surface area contributed by atoms with Crippen LogP contribution in [0.1, 0.15) is 27.7 Å². The van der Waals surface area contributed by atoms with Gasteiger partial charge < -0.3 is 9.84 Å². The Bertz CT molecular complexity index is 212. The molecule has 3 nitrogen and oxygen atoms in total. The van der Waals surface area contributed by atoms with Gasteiger partial charge in [0.25, 0.3) is 0 Å². The van der Waals surface area contributed by atoms with Crippen molar-refractivity contribution in [3.05, 3.63) is 0 Å². The molecule has 1 atom stereocenters. The molecule has 0 bridgehead atoms. The number of halogens is 2. The van der Waals surface area contributed by atoms with Crippen molar-refractivity contribution in [3.8, 4) is 0 Å². The highest BCUT2D eigenvalue weighted by Gasteiger charge is 2.58. The lowest BCUT2D eigenvalue weighted by Crippen LogP contribution is -2.55. The van der Waals surface area contributed by atoms with Crippen LogP contribution in [0.15, 0.2) is 0 Å². The lowest BCUT2D eigenvalue weighted by molar-refractivity contribution is -0.219. The molecule has 0 rings (SSSR count). The van der Waals surface area contributed by atoms with Gasteiger partial charge in [-0.2, -0.15) is 8.78 Å². The van der Waals surface area contributed by atoms with Crippen LogP contribution in [0.2, 0.25) is 0 Å². The van der Waals surface area contributed by atoms with Crippen LogP contribution in [0.5, 0.6) is 0 Å². The molecule has 0 saturated heterocycles. The average Bonchev–Trinajstić information content (AvgIpc) is 2.04. The second kappa shape index (κ2) is 4.21. The van der Waals surface area contributed by atoms with Crippen LogP contribution in [-0.4, -0.2) is 29.2 Å². The third-order valence-corrected chi connectivity index (χ3v) is 2.29. The Balaban J connectivity index is 4.84. The van der Waals surface area contributed by atoms with Gasteiger partial charge in [-0.1, -0.05) is 13.8 Å². The minimum absolute atomic E-state index is 0.136. The van der Waals surface area contributed by atoms with E-state index in [4.69, 9.17) is 0 Å². The Morgan fingerprint density at radius 1 is 1.50 bits per heavy atom. The molecule has 84 valence electrons. The Kier molecular flexibility index (Phi) is 4.00. The summed E-state index contributed by atoms with van der Waals surface area (Å²) in [5.41, 5.74) is -2.39. The highest BCUT2D eigenvalue weighted by atomic mass is 19.3. The van der Waals surface area contributed by atoms with Gasteiger partial charge in [-0.3, -0.25) is 0 Å². The standard InChI is InChI=1S/C9H16F2O3/c1-5-14-7(12)9(10,11)8(4,13)6(2)3/h6,13H,5H2,1-4H3. The monoisotopic (exact) mass is 210 g/mol. The molecule has 0 radical (unpaired) electrons. The summed E-state index contributed by atoms with van der Waals surface area (Å²) in [5, 5.41) is 9.47. The van der Waals surface area contributed by atoms with Crippen LogP contribution >= 0.6 is 0 Å². The fraction of sp³-hybridized carbons (Fsp3) is 0.889. The zero-order valence-corrected chi connectivity index (χ0v) is 8.80. The van der Waals surface area contributed by atoms with Crippen molar-refractivity contribution in [3.63, 3.8) is 0 Å². The molecule has 0 amide bonds. The van der Waals surface area contributed by atoms with Crippen molar-refractivity contribution in [1.82, 2.24) is 0 Å². The molecule has 1 unspecified atom stereocenters. The van der Waals surface area contributed by atoms with E-state index in [9.17, 15) is 18.7 Å². The number of carbonyl (C=O) groups is 1. The summed E-state index contributed by atoms with van der Waals surface area (Å²) in [6.45, 7) is 5.04. The van der Waals surface area contributed by atoms with Crippen LogP contribution in [0.3, 0.4) is 0 Å². The van der Waals surface area contributed by atoms with E-state index in [0.717, 1.165) is 6.92 Å². The van der Waals surface area contributed by atoms with Gasteiger partial charge in [0.2, 0.25) is 0 Å². The van der Waals surface area contributed by atoms with Crippen molar-refractivity contribution in [2.45, 2.75) is 39.2 Å². The number of alkyl halides is 2. The number of carbonyl (C=O) groups excluding carboxylic acids is 1. The minimum Gasteiger partial charge on any atom is -0.461 e. The van der Waals surface area contributed by atoms with E-state index in [2.05, 4.69) is 4.74 Å². The quantitative estimate of drug-likeness (QED) is 0.717. The number of hydrogen-bond acceptors (Lipinski definition) is 3. The van der Waals surface area contributed by atoms with E-state index in [1.807, 2.05) is 0 Å². The molecule has 0 aliphatic rings. The topological polar surface area (TPSA) is 46.5 Å². The maximum Gasteiger partial charge on any atom is 0.380 e. The van der Waals surface area contributed by atoms with Crippen LogP contribution in [0, 0.1) is 5.92 Å². The molecule has 1 N–H and O–H groups in total. The first kappa shape index (κ1) is 13.3. The maximum atomic E-state index is 13.3. The largest absolute Gasteiger partial charge is 0.461 e. The van der Waals surface area contributed by atoms with Crippen molar-refractivity contribution in [1.29, 1.82) is 0 Å². The Morgan fingerprint density at radius 3 is 2.21 bits per heavy atom. The maximum absolute atomic E-state index is 13.3. The molecule has 5 heteroatoms. The Labute approximate surface area is 82.1 Å². The first-order valence-electron chi connectivity index (χ1n) is 4.45. The van der Waals surface area contributed by atoms with Gasteiger partial charge in [-0.05, 0) is 19.8 Å². The van der Waals surface area contributed by atoms with Crippen LogP contribution in [0.4, 0.5) is 8.78 Å². The summed E-state index contributed by atoms with van der Waals surface area (Å²) < 4.78 is 30.8. The SMILES string of the molecule is CCOC(=O)C(F)(F)C(C)(O)C(C)C. The third kappa shape index (κ3) is 2.20. The predicted octanol–water partition coefficient (Wildman–Crippen LogP) is 1.59. The summed E-state index contributed by atoms with van der Waals surface area (Å²) in [4.78, 5) is 10.9. The van der Waals surface area contributed by atoms with Crippen molar-refractivity contribution >= 4 is 5.97 Å². The number of ether oxygens (including phenoxy) is 1. The van der Waals surface area contributed by atoms with Gasteiger partial charge in [0.15, 0.2) is 0 Å². The second-order valence-corrected chi connectivity index (χ2v) is 3.60. The summed E-state index contributed by atoms with van der Waals surface area (Å²) in [6, 6.07) is 0. The van der Waals surface area contributed by atoms with Gasteiger partial charge in [-0.25, -0.2) is 4.79 Å². The Morgan fingerprint density at radius 2 is 1.93 bits per heavy atom. The van der Waals surface area contributed by atoms with Crippen LogP contribution in [-0.2, 0) is 9.53 Å². The first-order chi connectivity index (χ1) is 6.17. The first-order valence-corrected chi connectivity index (χ1v) is 4.45. The minimum atomic E-state index is -3.88. The molecule has 0 aromatic heterocycles. The molecule has 0 aromatic rings. The fourth-order valence-electron chi connectivity index (χ4n) is 0.791. The van der Waals surface area contributed by atoms with E-state index in [1.54, 1.807) is 0 Å². The van der Waals surface area contributed by atoms with Gasteiger partial charge in [0.05, 0.1) is 6.61 Å². The predicted molar refractivity (Wildman–Crippen MR) is 47.0 cm³/mol. The average molecular weight is 210 g/mol. The number of aliphatic hydroxyl groups is 1. The molecule has 14 heavy (non-hydrogen) atoms. The van der Waals surface area contributed by atoms with E-state index < -0.39 is 23.4 Å². The number of rotatable bonds is 4. The number of hydrogen-bond donors (Lipinski definition) is 1. The lowest BCUT2D eigenvalue weighted by Gasteiger charge is -2.33. The van der Waals surface area contributed by atoms with Gasteiger partial charge in [0, 0.05) is 0 Å². The van der Waals surface area contributed by atoms with Crippen molar-refractivity contribution in [2.75, 3.05) is 6.61 Å². The molecule has 0 aromatic carbocycles. The van der Waals surface area contributed by atoms with Gasteiger partial charge >= 0.3 is 11.9 Å². The fourth-order valence-corrected chi connectivity index (χ4v) is 0.791. The molecule has 0 spiro atoms. The molecular weight excluding hydrogens is 194 g/mol. The van der Waals surface area contributed by atoms with E-state index in [0.29, 0.717) is 0 Å². The summed E-state index contributed by atoms with van der Waals surface area (Å²) >= 11 is 0. The van der Waals surface area contributed by atoms with Crippen molar-refractivity contribution in [2.24, 2.45) is 5.92 Å². The van der Waals surface area contributed by atoms with E-state index in [1.165, 1.54) is 20.8 Å². The van der Waals surface area contributed by atoms with E-state index in [-0.39, 0.29) is 6.61 Å². The molecule has 0 heterocycles. The summed E-state index contributed by atoms with van der Waals surface area (Å²) in [6.07, 6.45) is 0. The third-order valence-electron chi connectivity index (χ3n) is 2.29. The molecule has 0 saturated carbocycles. The summed E-state index contributed by atoms with van der Waals surface area (Å²) in [7, 11) is 0. The lowest BCUT2D eigenvalue weighted by atomic mass is 9.86. The second-order valence-electron chi connectivity index (χ2n) is 3.60. The Hall–Kier alpha value is -0.710. The normalized spacial score (nSPS) is 16.6. The molecule has 0 aliphatic carbocycles. The number of esters is 1. The molecule has 0 aliphatic heterocycles. The molecule has 0 fully saturated rings. The van der Waals surface area contributed by atoms with Crippen LogP contribution < -0.4 is 0 Å². The highest BCUT2D eigenvalue weighted by Crippen LogP contribution is 2.35. The van der Waals surface area contributed by atoms with Crippen LogP contribution in [0.25, 0.3) is 0 Å². The van der Waals surface area contributed by atoms with E-state index >= 15 is 0 Å². The zero-order chi connectivity index (χ0) is 11.6. The zero-order valence-electron chi connectivity index (χ0n) is 8.80. The summed E-state index contributed by atoms with van der Waals surface area (Å²) in [5.74, 6) is -6.31. The smallest absolute Gasteiger partial charge is 0.380 e. The van der Waals surface area contributed by atoms with Gasteiger partial charge in [0.1, 0.15) is 5.60 Å².